The summed E-state index contributed by atoms with van der Waals surface area (Å²) in [6.45, 7) is 0. The summed E-state index contributed by atoms with van der Waals surface area (Å²) in [7, 11) is 0. The van der Waals surface area contributed by atoms with Crippen molar-refractivity contribution in [1.82, 2.24) is 15.2 Å². The van der Waals surface area contributed by atoms with Crippen LogP contribution in [0, 0.1) is 0 Å². The van der Waals surface area contributed by atoms with Crippen molar-refractivity contribution in [3.63, 3.8) is 0 Å². The standard InChI is InChI=1S/C6H5N3O/c10-5-3-8-9-4-1-2-7-6(4)5/h1-3,7H,(H,9,10). The van der Waals surface area contributed by atoms with E-state index in [-0.39, 0.29) is 5.43 Å². The van der Waals surface area contributed by atoms with Crippen LogP contribution in [0.2, 0.25) is 0 Å². The molecule has 0 atom stereocenters. The molecule has 0 aliphatic heterocycles. The number of aromatic nitrogens is 3. The minimum absolute atomic E-state index is 0.0845. The number of H-pyrrole nitrogens is 2. The normalized spacial score (nSPS) is 10.4. The summed E-state index contributed by atoms with van der Waals surface area (Å²) in [6.07, 6.45) is 2.95. The maximum atomic E-state index is 10.9. The number of hydrogen-bond donors (Lipinski definition) is 2. The van der Waals surface area contributed by atoms with Gasteiger partial charge in [0.1, 0.15) is 5.52 Å². The highest BCUT2D eigenvalue weighted by molar-refractivity contribution is 5.73. The van der Waals surface area contributed by atoms with Crippen molar-refractivity contribution in [3.05, 3.63) is 28.7 Å². The van der Waals surface area contributed by atoms with Crippen molar-refractivity contribution in [2.45, 2.75) is 0 Å². The summed E-state index contributed by atoms with van der Waals surface area (Å²) >= 11 is 0. The molecule has 0 unspecified atom stereocenters. The molecule has 0 bridgehead atoms. The summed E-state index contributed by atoms with van der Waals surface area (Å²) in [5, 5.41) is 6.32. The molecular formula is C6H5N3O. The minimum atomic E-state index is -0.0845. The number of rotatable bonds is 0. The zero-order chi connectivity index (χ0) is 6.97. The maximum absolute atomic E-state index is 10.9. The Morgan fingerprint density at radius 1 is 1.50 bits per heavy atom. The van der Waals surface area contributed by atoms with Crippen LogP contribution in [-0.4, -0.2) is 15.2 Å². The highest BCUT2D eigenvalue weighted by Gasteiger charge is 1.95. The van der Waals surface area contributed by atoms with E-state index in [9.17, 15) is 4.79 Å². The number of hydrogen-bond acceptors (Lipinski definition) is 2. The molecule has 4 heteroatoms. The number of nitrogens with zero attached hydrogens (tertiary/aromatic N) is 1. The molecule has 2 heterocycles. The van der Waals surface area contributed by atoms with Crippen molar-refractivity contribution in [2.75, 3.05) is 0 Å². The van der Waals surface area contributed by atoms with Gasteiger partial charge in [0.2, 0.25) is 5.43 Å². The van der Waals surface area contributed by atoms with Gasteiger partial charge >= 0.3 is 0 Å². The van der Waals surface area contributed by atoms with Crippen molar-refractivity contribution >= 4 is 11.0 Å². The van der Waals surface area contributed by atoms with Crippen molar-refractivity contribution in [2.24, 2.45) is 0 Å². The van der Waals surface area contributed by atoms with Crippen LogP contribution in [0.5, 0.6) is 0 Å². The second-order valence-electron chi connectivity index (χ2n) is 2.00. The Hall–Kier alpha value is -1.58. The molecule has 2 aromatic heterocycles. The number of aromatic amines is 2. The molecule has 0 radical (unpaired) electrons. The van der Waals surface area contributed by atoms with Gasteiger partial charge in [0.05, 0.1) is 11.7 Å². The summed E-state index contributed by atoms with van der Waals surface area (Å²) in [6, 6.07) is 1.77. The molecule has 0 fully saturated rings. The molecule has 0 aromatic carbocycles. The highest BCUT2D eigenvalue weighted by Crippen LogP contribution is 1.99. The van der Waals surface area contributed by atoms with Crippen LogP contribution in [0.3, 0.4) is 0 Å². The van der Waals surface area contributed by atoms with E-state index in [4.69, 9.17) is 0 Å². The second kappa shape index (κ2) is 1.70. The van der Waals surface area contributed by atoms with Crippen LogP contribution in [0.15, 0.2) is 23.3 Å². The lowest BCUT2D eigenvalue weighted by Gasteiger charge is -1.83. The molecular weight excluding hydrogens is 130 g/mol. The lowest BCUT2D eigenvalue weighted by molar-refractivity contribution is 1.06. The molecule has 2 N–H and O–H groups in total. The first kappa shape index (κ1) is 5.22. The zero-order valence-electron chi connectivity index (χ0n) is 5.09. The van der Waals surface area contributed by atoms with Gasteiger partial charge in [0.15, 0.2) is 0 Å². The van der Waals surface area contributed by atoms with Crippen molar-refractivity contribution < 1.29 is 0 Å². The van der Waals surface area contributed by atoms with E-state index in [0.717, 1.165) is 5.52 Å². The van der Waals surface area contributed by atoms with E-state index in [1.807, 2.05) is 0 Å². The zero-order valence-corrected chi connectivity index (χ0v) is 5.09. The lowest BCUT2D eigenvalue weighted by Crippen LogP contribution is -2.01. The van der Waals surface area contributed by atoms with Crippen molar-refractivity contribution in [1.29, 1.82) is 0 Å². The van der Waals surface area contributed by atoms with Crippen molar-refractivity contribution in [3.8, 4) is 0 Å². The van der Waals surface area contributed by atoms with Crippen LogP contribution < -0.4 is 5.43 Å². The van der Waals surface area contributed by atoms with E-state index in [1.165, 1.54) is 6.20 Å². The average molecular weight is 135 g/mol. The van der Waals surface area contributed by atoms with E-state index in [0.29, 0.717) is 5.52 Å². The Bertz CT molecular complexity index is 400. The Morgan fingerprint density at radius 2 is 2.40 bits per heavy atom. The van der Waals surface area contributed by atoms with E-state index >= 15 is 0 Å². The Kier molecular flexibility index (Phi) is 0.887. The van der Waals surface area contributed by atoms with Gasteiger partial charge in [0, 0.05) is 6.20 Å². The van der Waals surface area contributed by atoms with Gasteiger partial charge in [-0.3, -0.25) is 9.89 Å². The van der Waals surface area contributed by atoms with Crippen LogP contribution in [-0.2, 0) is 0 Å². The quantitative estimate of drug-likeness (QED) is 0.544. The van der Waals surface area contributed by atoms with Gasteiger partial charge in [-0.25, -0.2) is 0 Å². The molecule has 4 nitrogen and oxygen atoms in total. The van der Waals surface area contributed by atoms with Gasteiger partial charge in [-0.15, -0.1) is 0 Å². The Balaban J connectivity index is 3.09. The van der Waals surface area contributed by atoms with Crippen LogP contribution in [0.1, 0.15) is 0 Å². The fourth-order valence-corrected chi connectivity index (χ4v) is 0.891. The van der Waals surface area contributed by atoms with Crippen LogP contribution in [0.4, 0.5) is 0 Å². The van der Waals surface area contributed by atoms with Crippen LogP contribution in [0.25, 0.3) is 11.0 Å². The third-order valence-electron chi connectivity index (χ3n) is 1.36. The molecule has 0 amide bonds. The molecule has 0 saturated carbocycles. The summed E-state index contributed by atoms with van der Waals surface area (Å²) in [5.74, 6) is 0. The second-order valence-corrected chi connectivity index (χ2v) is 2.00. The molecule has 0 aliphatic rings. The summed E-state index contributed by atoms with van der Waals surface area (Å²) in [5.41, 5.74) is 1.24. The summed E-state index contributed by atoms with van der Waals surface area (Å²) < 4.78 is 0. The predicted molar refractivity (Wildman–Crippen MR) is 36.7 cm³/mol. The molecule has 0 aliphatic carbocycles. The summed E-state index contributed by atoms with van der Waals surface area (Å²) in [4.78, 5) is 13.7. The van der Waals surface area contributed by atoms with Crippen LogP contribution >= 0.6 is 0 Å². The first-order valence-corrected chi connectivity index (χ1v) is 2.89. The minimum Gasteiger partial charge on any atom is -0.357 e. The smallest absolute Gasteiger partial charge is 0.224 e. The first-order chi connectivity index (χ1) is 4.88. The lowest BCUT2D eigenvalue weighted by atomic mass is 10.4. The maximum Gasteiger partial charge on any atom is 0.224 e. The van der Waals surface area contributed by atoms with Gasteiger partial charge in [-0.2, -0.15) is 5.10 Å². The van der Waals surface area contributed by atoms with Gasteiger partial charge in [0.25, 0.3) is 0 Å². The molecule has 0 spiro atoms. The third kappa shape index (κ3) is 0.556. The van der Waals surface area contributed by atoms with Gasteiger partial charge < -0.3 is 4.98 Å². The molecule has 2 rings (SSSR count). The monoisotopic (exact) mass is 135 g/mol. The number of fused-ring (bicyclic) bond motifs is 1. The number of nitrogens with one attached hydrogen (secondary N) is 2. The predicted octanol–water partition coefficient (Wildman–Crippen LogP) is 0.251. The average Bonchev–Trinajstić information content (AvgIpc) is 2.36. The molecule has 0 saturated heterocycles. The third-order valence-corrected chi connectivity index (χ3v) is 1.36. The highest BCUT2D eigenvalue weighted by atomic mass is 16.1. The molecule has 50 valence electrons. The SMILES string of the molecule is O=c1cn[nH]c2cc[nH]c12. The first-order valence-electron chi connectivity index (χ1n) is 2.89. The molecule has 10 heavy (non-hydrogen) atoms. The van der Waals surface area contributed by atoms with Gasteiger partial charge in [-0.1, -0.05) is 0 Å². The topological polar surface area (TPSA) is 61.5 Å². The fourth-order valence-electron chi connectivity index (χ4n) is 0.891. The van der Waals surface area contributed by atoms with E-state index < -0.39 is 0 Å². The van der Waals surface area contributed by atoms with E-state index in [2.05, 4.69) is 15.2 Å². The van der Waals surface area contributed by atoms with E-state index in [1.54, 1.807) is 12.3 Å². The Labute approximate surface area is 55.9 Å². The Morgan fingerprint density at radius 3 is 3.20 bits per heavy atom. The fraction of sp³-hybridized carbons (Fsp3) is 0. The molecule has 2 aromatic rings. The van der Waals surface area contributed by atoms with Gasteiger partial charge in [-0.05, 0) is 6.07 Å². The largest absolute Gasteiger partial charge is 0.357 e.